The van der Waals surface area contributed by atoms with Gasteiger partial charge in [-0.25, -0.2) is 0 Å². The molecule has 4 heteroatoms. The number of hydrogen-bond donors (Lipinski definition) is 1. The van der Waals surface area contributed by atoms with Gasteiger partial charge in [-0.2, -0.15) is 0 Å². The van der Waals surface area contributed by atoms with E-state index < -0.39 is 0 Å². The lowest BCUT2D eigenvalue weighted by Crippen LogP contribution is -2.28. The van der Waals surface area contributed by atoms with E-state index in [2.05, 4.69) is 34.5 Å². The molecule has 0 bridgehead atoms. The Bertz CT molecular complexity index is 752. The second-order valence-corrected chi connectivity index (χ2v) is 7.14. The molecule has 4 nitrogen and oxygen atoms in total. The first-order valence-corrected chi connectivity index (χ1v) is 9.37. The Kier molecular flexibility index (Phi) is 6.29. The van der Waals surface area contributed by atoms with E-state index in [1.165, 1.54) is 31.5 Å². The number of aryl methyl sites for hydroxylation is 2. The third-order valence-electron chi connectivity index (χ3n) is 4.79. The van der Waals surface area contributed by atoms with Crippen molar-refractivity contribution in [1.82, 2.24) is 10.2 Å². The van der Waals surface area contributed by atoms with Crippen molar-refractivity contribution in [2.24, 2.45) is 0 Å². The predicted molar refractivity (Wildman–Crippen MR) is 104 cm³/mol. The third-order valence-corrected chi connectivity index (χ3v) is 4.79. The third kappa shape index (κ3) is 5.33. The molecule has 1 N–H and O–H groups in total. The van der Waals surface area contributed by atoms with E-state index in [-0.39, 0.29) is 12.5 Å². The Balaban J connectivity index is 1.47. The lowest BCUT2D eigenvalue weighted by atomic mass is 10.1. The highest BCUT2D eigenvalue weighted by atomic mass is 16.5. The molecule has 0 saturated carbocycles. The highest BCUT2D eigenvalue weighted by molar-refractivity contribution is 5.77. The molecule has 0 aromatic heterocycles. The van der Waals surface area contributed by atoms with Crippen LogP contribution in [0.1, 0.15) is 35.1 Å². The van der Waals surface area contributed by atoms with E-state index in [1.54, 1.807) is 0 Å². The summed E-state index contributed by atoms with van der Waals surface area (Å²) in [5.41, 5.74) is 4.60. The highest BCUT2D eigenvalue weighted by Gasteiger charge is 2.12. The van der Waals surface area contributed by atoms with Gasteiger partial charge in [0.2, 0.25) is 0 Å². The van der Waals surface area contributed by atoms with Crippen LogP contribution in [0.4, 0.5) is 0 Å². The van der Waals surface area contributed by atoms with Gasteiger partial charge in [-0.1, -0.05) is 36.4 Å². The second-order valence-electron chi connectivity index (χ2n) is 7.14. The monoisotopic (exact) mass is 352 g/mol. The molecule has 1 amide bonds. The molecule has 26 heavy (non-hydrogen) atoms. The fourth-order valence-corrected chi connectivity index (χ4v) is 3.29. The number of rotatable bonds is 7. The SMILES string of the molecule is Cc1ccc(C)c(OCC(=O)NCc2cccc(CN3CCCC3)c2)c1. The molecule has 0 aliphatic carbocycles. The van der Waals surface area contributed by atoms with Gasteiger partial charge in [-0.05, 0) is 68.1 Å². The van der Waals surface area contributed by atoms with Gasteiger partial charge >= 0.3 is 0 Å². The fourth-order valence-electron chi connectivity index (χ4n) is 3.29. The summed E-state index contributed by atoms with van der Waals surface area (Å²) in [6, 6.07) is 14.5. The maximum Gasteiger partial charge on any atom is 0.258 e. The molecule has 138 valence electrons. The van der Waals surface area contributed by atoms with Gasteiger partial charge < -0.3 is 10.1 Å². The predicted octanol–water partition coefficient (Wildman–Crippen LogP) is 3.59. The summed E-state index contributed by atoms with van der Waals surface area (Å²) >= 11 is 0. The van der Waals surface area contributed by atoms with Crippen LogP contribution in [0.25, 0.3) is 0 Å². The average Bonchev–Trinajstić information content (AvgIpc) is 3.14. The Morgan fingerprint density at radius 2 is 1.85 bits per heavy atom. The zero-order valence-electron chi connectivity index (χ0n) is 15.8. The smallest absolute Gasteiger partial charge is 0.258 e. The molecule has 0 unspecified atom stereocenters. The van der Waals surface area contributed by atoms with Crippen LogP contribution in [0.3, 0.4) is 0 Å². The van der Waals surface area contributed by atoms with Crippen LogP contribution in [-0.2, 0) is 17.9 Å². The van der Waals surface area contributed by atoms with E-state index in [1.807, 2.05) is 32.0 Å². The van der Waals surface area contributed by atoms with E-state index in [0.29, 0.717) is 6.54 Å². The van der Waals surface area contributed by atoms with Crippen molar-refractivity contribution in [1.29, 1.82) is 0 Å². The number of ether oxygens (including phenoxy) is 1. The Morgan fingerprint density at radius 1 is 1.08 bits per heavy atom. The molecule has 1 aliphatic rings. The molecule has 0 spiro atoms. The first kappa shape index (κ1) is 18.5. The van der Waals surface area contributed by atoms with Crippen molar-refractivity contribution < 1.29 is 9.53 Å². The lowest BCUT2D eigenvalue weighted by molar-refractivity contribution is -0.123. The van der Waals surface area contributed by atoms with Crippen molar-refractivity contribution in [3.8, 4) is 5.75 Å². The summed E-state index contributed by atoms with van der Waals surface area (Å²) in [7, 11) is 0. The first-order chi connectivity index (χ1) is 12.6. The highest BCUT2D eigenvalue weighted by Crippen LogP contribution is 2.19. The van der Waals surface area contributed by atoms with Gasteiger partial charge in [0, 0.05) is 13.1 Å². The summed E-state index contributed by atoms with van der Waals surface area (Å²) in [5.74, 6) is 0.670. The first-order valence-electron chi connectivity index (χ1n) is 9.37. The molecule has 1 aliphatic heterocycles. The number of nitrogens with one attached hydrogen (secondary N) is 1. The Morgan fingerprint density at radius 3 is 2.65 bits per heavy atom. The molecule has 2 aromatic rings. The molecule has 2 aromatic carbocycles. The van der Waals surface area contributed by atoms with E-state index in [0.717, 1.165) is 29.0 Å². The summed E-state index contributed by atoms with van der Waals surface area (Å²) in [6.07, 6.45) is 2.60. The minimum absolute atomic E-state index is 0.0394. The molecular weight excluding hydrogens is 324 g/mol. The number of carbonyl (C=O) groups excluding carboxylic acids is 1. The molecule has 0 atom stereocenters. The normalized spacial score (nSPS) is 14.4. The summed E-state index contributed by atoms with van der Waals surface area (Å²) in [4.78, 5) is 14.6. The average molecular weight is 352 g/mol. The molecule has 1 fully saturated rings. The van der Waals surface area contributed by atoms with Gasteiger partial charge in [0.1, 0.15) is 5.75 Å². The molecule has 1 saturated heterocycles. The minimum Gasteiger partial charge on any atom is -0.483 e. The van der Waals surface area contributed by atoms with E-state index >= 15 is 0 Å². The molecular formula is C22H28N2O2. The van der Waals surface area contributed by atoms with Crippen LogP contribution in [0.5, 0.6) is 5.75 Å². The lowest BCUT2D eigenvalue weighted by Gasteiger charge is -2.15. The number of nitrogens with zero attached hydrogens (tertiary/aromatic N) is 1. The fraction of sp³-hybridized carbons (Fsp3) is 0.409. The van der Waals surface area contributed by atoms with Crippen molar-refractivity contribution >= 4 is 5.91 Å². The quantitative estimate of drug-likeness (QED) is 0.828. The summed E-state index contributed by atoms with van der Waals surface area (Å²) in [5, 5.41) is 2.95. The molecule has 3 rings (SSSR count). The van der Waals surface area contributed by atoms with E-state index in [4.69, 9.17) is 4.74 Å². The van der Waals surface area contributed by atoms with Gasteiger partial charge in [0.15, 0.2) is 6.61 Å². The molecule has 0 radical (unpaired) electrons. The Hall–Kier alpha value is -2.33. The van der Waals surface area contributed by atoms with Crippen LogP contribution in [0.15, 0.2) is 42.5 Å². The molecule has 1 heterocycles. The van der Waals surface area contributed by atoms with Crippen LogP contribution >= 0.6 is 0 Å². The number of benzene rings is 2. The zero-order chi connectivity index (χ0) is 18.4. The number of carbonyl (C=O) groups is 1. The van der Waals surface area contributed by atoms with E-state index in [9.17, 15) is 4.79 Å². The zero-order valence-corrected chi connectivity index (χ0v) is 15.8. The minimum atomic E-state index is -0.101. The van der Waals surface area contributed by atoms with Crippen molar-refractivity contribution in [3.63, 3.8) is 0 Å². The summed E-state index contributed by atoms with van der Waals surface area (Å²) in [6.45, 7) is 7.95. The standard InChI is InChI=1S/C22H28N2O2/c1-17-8-9-18(2)21(12-17)26-16-22(25)23-14-19-6-5-7-20(13-19)15-24-10-3-4-11-24/h5-9,12-13H,3-4,10-11,14-16H2,1-2H3,(H,23,25). The second kappa shape index (κ2) is 8.86. The van der Waals surface area contributed by atoms with Crippen molar-refractivity contribution in [2.45, 2.75) is 39.8 Å². The van der Waals surface area contributed by atoms with Gasteiger partial charge in [-0.3, -0.25) is 9.69 Å². The van der Waals surface area contributed by atoms with Crippen LogP contribution in [0.2, 0.25) is 0 Å². The topological polar surface area (TPSA) is 41.6 Å². The summed E-state index contributed by atoms with van der Waals surface area (Å²) < 4.78 is 5.66. The number of amides is 1. The Labute approximate surface area is 156 Å². The number of hydrogen-bond acceptors (Lipinski definition) is 3. The van der Waals surface area contributed by atoms with Gasteiger partial charge in [-0.15, -0.1) is 0 Å². The van der Waals surface area contributed by atoms with Crippen LogP contribution in [-0.4, -0.2) is 30.5 Å². The van der Waals surface area contributed by atoms with Gasteiger partial charge in [0.25, 0.3) is 5.91 Å². The largest absolute Gasteiger partial charge is 0.483 e. The number of likely N-dealkylation sites (tertiary alicyclic amines) is 1. The maximum absolute atomic E-state index is 12.1. The van der Waals surface area contributed by atoms with Crippen LogP contribution < -0.4 is 10.1 Å². The van der Waals surface area contributed by atoms with Crippen molar-refractivity contribution in [3.05, 3.63) is 64.7 Å². The maximum atomic E-state index is 12.1. The van der Waals surface area contributed by atoms with Gasteiger partial charge in [0.05, 0.1) is 0 Å². The van der Waals surface area contributed by atoms with Crippen LogP contribution in [0, 0.1) is 13.8 Å². The van der Waals surface area contributed by atoms with Crippen molar-refractivity contribution in [2.75, 3.05) is 19.7 Å².